The number of aromatic nitrogens is 1. The monoisotopic (exact) mass is 571 g/mol. The Labute approximate surface area is 224 Å². The van der Waals surface area contributed by atoms with E-state index in [0.717, 1.165) is 11.3 Å². The number of hydrogen-bond donors (Lipinski definition) is 2. The van der Waals surface area contributed by atoms with Crippen LogP contribution in [0.5, 0.6) is 5.75 Å². The van der Waals surface area contributed by atoms with Crippen molar-refractivity contribution in [3.05, 3.63) is 39.5 Å². The maximum Gasteiger partial charge on any atom is 0.387 e. The number of benzene rings is 1. The van der Waals surface area contributed by atoms with Crippen LogP contribution in [0.1, 0.15) is 80.8 Å². The van der Waals surface area contributed by atoms with Gasteiger partial charge in [0.25, 0.3) is 5.91 Å². The standard InChI is InChI=1S/C22H31F2N3O4S2.2H2S/c1-11(2)15-8-14(31-21(23)24)9-16(12(3)4)17(15)10-18(28)27-33(25,30)19-13(5)26-20(32-19)22(6,7)29;;/h8-9,11-12,21,29H,10H2,1-7H3,(H2,25,27,28,30);2*1H2. The van der Waals surface area contributed by atoms with E-state index in [1.165, 1.54) is 26.0 Å². The lowest BCUT2D eigenvalue weighted by Crippen LogP contribution is -2.17. The topological polar surface area (TPSA) is 115 Å². The first-order chi connectivity index (χ1) is 15.0. The third-order valence-electron chi connectivity index (χ3n) is 4.87. The Morgan fingerprint density at radius 2 is 1.69 bits per heavy atom. The predicted molar refractivity (Wildman–Crippen MR) is 146 cm³/mol. The average molecular weight is 572 g/mol. The van der Waals surface area contributed by atoms with Crippen molar-refractivity contribution in [3.8, 4) is 5.75 Å². The van der Waals surface area contributed by atoms with Crippen molar-refractivity contribution >= 4 is 54.2 Å². The minimum Gasteiger partial charge on any atom is -0.435 e. The molecule has 0 aliphatic carbocycles. The Morgan fingerprint density at radius 1 is 1.20 bits per heavy atom. The summed E-state index contributed by atoms with van der Waals surface area (Å²) in [4.78, 5) is 17.1. The number of amides is 1. The van der Waals surface area contributed by atoms with Crippen molar-refractivity contribution < 1.29 is 27.6 Å². The van der Waals surface area contributed by atoms with Gasteiger partial charge in [-0.05, 0) is 61.4 Å². The molecule has 200 valence electrons. The van der Waals surface area contributed by atoms with E-state index in [0.29, 0.717) is 27.4 Å². The molecule has 2 aromatic rings. The lowest BCUT2D eigenvalue weighted by Gasteiger charge is -2.21. The quantitative estimate of drug-likeness (QED) is 0.451. The molecule has 0 radical (unpaired) electrons. The molecule has 1 aromatic carbocycles. The number of halogens is 2. The number of ether oxygens (including phenoxy) is 1. The molecule has 1 unspecified atom stereocenters. The van der Waals surface area contributed by atoms with Crippen LogP contribution in [0.25, 0.3) is 0 Å². The van der Waals surface area contributed by atoms with Crippen molar-refractivity contribution in [1.82, 2.24) is 4.98 Å². The fourth-order valence-corrected chi connectivity index (χ4v) is 5.93. The second-order valence-corrected chi connectivity index (χ2v) is 11.9. The van der Waals surface area contributed by atoms with Crippen molar-refractivity contribution in [2.45, 2.75) is 83.1 Å². The smallest absolute Gasteiger partial charge is 0.387 e. The number of aliphatic hydroxyl groups is 1. The van der Waals surface area contributed by atoms with Crippen LogP contribution in [0.15, 0.2) is 20.7 Å². The van der Waals surface area contributed by atoms with Gasteiger partial charge >= 0.3 is 6.61 Å². The van der Waals surface area contributed by atoms with Crippen molar-refractivity contribution in [2.24, 2.45) is 9.50 Å². The highest BCUT2D eigenvalue weighted by Gasteiger charge is 2.27. The van der Waals surface area contributed by atoms with Gasteiger partial charge in [0.05, 0.1) is 12.1 Å². The van der Waals surface area contributed by atoms with E-state index in [1.54, 1.807) is 6.92 Å². The number of rotatable bonds is 8. The van der Waals surface area contributed by atoms with Gasteiger partial charge in [0.2, 0.25) is 0 Å². The summed E-state index contributed by atoms with van der Waals surface area (Å²) >= 11 is 0.950. The Kier molecular flexibility index (Phi) is 12.4. The van der Waals surface area contributed by atoms with Crippen LogP contribution < -0.4 is 9.88 Å². The molecule has 1 amide bonds. The molecule has 0 saturated carbocycles. The maximum atomic E-state index is 13.1. The molecule has 0 spiro atoms. The number of nitrogens with two attached hydrogens (primary N) is 1. The van der Waals surface area contributed by atoms with Crippen LogP contribution in [-0.4, -0.2) is 26.8 Å². The largest absolute Gasteiger partial charge is 0.435 e. The number of carbonyl (C=O) groups is 1. The summed E-state index contributed by atoms with van der Waals surface area (Å²) in [7, 11) is -3.59. The third-order valence-corrected chi connectivity index (χ3v) is 8.40. The summed E-state index contributed by atoms with van der Waals surface area (Å²) in [5.41, 5.74) is 1.04. The highest BCUT2D eigenvalue weighted by molar-refractivity contribution is 7.93. The van der Waals surface area contributed by atoms with Gasteiger partial charge in [-0.1, -0.05) is 27.7 Å². The van der Waals surface area contributed by atoms with Crippen molar-refractivity contribution in [2.75, 3.05) is 0 Å². The molecule has 1 heterocycles. The van der Waals surface area contributed by atoms with Crippen LogP contribution in [0, 0.1) is 6.92 Å². The SMILES string of the molecule is Cc1nc(C(C)(C)O)sc1S(N)(=O)=NC(=O)Cc1c(C(C)C)cc(OC(F)F)cc1C(C)C.S.S. The van der Waals surface area contributed by atoms with Gasteiger partial charge < -0.3 is 9.84 Å². The minimum atomic E-state index is -3.59. The van der Waals surface area contributed by atoms with Gasteiger partial charge in [-0.3, -0.25) is 4.79 Å². The maximum absolute atomic E-state index is 13.1. The zero-order valence-electron chi connectivity index (χ0n) is 20.8. The molecule has 1 atom stereocenters. The molecule has 0 bridgehead atoms. The lowest BCUT2D eigenvalue weighted by molar-refractivity contribution is -0.117. The van der Waals surface area contributed by atoms with E-state index in [2.05, 4.69) is 14.1 Å². The second-order valence-electron chi connectivity index (χ2n) is 8.95. The number of carbonyl (C=O) groups excluding carboxylic acids is 1. The number of thiazole rings is 1. The predicted octanol–water partition coefficient (Wildman–Crippen LogP) is 5.22. The molecule has 0 aliphatic rings. The first-order valence-corrected chi connectivity index (χ1v) is 12.8. The summed E-state index contributed by atoms with van der Waals surface area (Å²) in [6, 6.07) is 2.99. The van der Waals surface area contributed by atoms with Gasteiger partial charge in [-0.2, -0.15) is 35.8 Å². The van der Waals surface area contributed by atoms with Crippen LogP contribution in [0.2, 0.25) is 0 Å². The molecule has 0 aliphatic heterocycles. The second kappa shape index (κ2) is 12.8. The van der Waals surface area contributed by atoms with E-state index < -0.39 is 28.0 Å². The molecule has 2 rings (SSSR count). The zero-order chi connectivity index (χ0) is 25.3. The summed E-state index contributed by atoms with van der Waals surface area (Å²) < 4.78 is 47.3. The van der Waals surface area contributed by atoms with E-state index in [-0.39, 0.29) is 55.2 Å². The van der Waals surface area contributed by atoms with Gasteiger partial charge in [-0.15, -0.1) is 15.7 Å². The summed E-state index contributed by atoms with van der Waals surface area (Å²) in [6.07, 6.45) is -0.194. The molecule has 13 heteroatoms. The Hall–Kier alpha value is -1.25. The Bertz CT molecular complexity index is 1120. The molecular formula is C22H35F2N3O4S4. The van der Waals surface area contributed by atoms with Crippen molar-refractivity contribution in [1.29, 1.82) is 0 Å². The summed E-state index contributed by atoms with van der Waals surface area (Å²) in [5, 5.41) is 16.4. The number of alkyl halides is 2. The Morgan fingerprint density at radius 3 is 2.06 bits per heavy atom. The lowest BCUT2D eigenvalue weighted by atomic mass is 9.86. The van der Waals surface area contributed by atoms with Crippen LogP contribution >= 0.6 is 38.3 Å². The minimum absolute atomic E-state index is 0. The van der Waals surface area contributed by atoms with Gasteiger partial charge in [0.15, 0.2) is 9.92 Å². The highest BCUT2D eigenvalue weighted by atomic mass is 32.2. The average Bonchev–Trinajstić information content (AvgIpc) is 3.04. The number of aryl methyl sites for hydroxylation is 1. The molecule has 1 aromatic heterocycles. The molecule has 0 fully saturated rings. The van der Waals surface area contributed by atoms with Crippen LogP contribution in [0.3, 0.4) is 0 Å². The normalized spacial score (nSPS) is 13.3. The third kappa shape index (κ3) is 8.67. The highest BCUT2D eigenvalue weighted by Crippen LogP contribution is 2.34. The first-order valence-electron chi connectivity index (χ1n) is 10.4. The number of nitrogens with zero attached hydrogens (tertiary/aromatic N) is 2. The van der Waals surface area contributed by atoms with Crippen molar-refractivity contribution in [3.63, 3.8) is 0 Å². The van der Waals surface area contributed by atoms with Gasteiger partial charge in [-0.25, -0.2) is 14.3 Å². The summed E-state index contributed by atoms with van der Waals surface area (Å²) in [6.45, 7) is 9.21. The van der Waals surface area contributed by atoms with Crippen LogP contribution in [-0.2, 0) is 26.7 Å². The molecule has 7 nitrogen and oxygen atoms in total. The molecule has 3 N–H and O–H groups in total. The van der Waals surface area contributed by atoms with E-state index >= 15 is 0 Å². The zero-order valence-corrected chi connectivity index (χ0v) is 24.4. The summed E-state index contributed by atoms with van der Waals surface area (Å²) in [5.74, 6) is -0.863. The molecule has 35 heavy (non-hydrogen) atoms. The fourth-order valence-electron chi connectivity index (χ4n) is 3.39. The fraction of sp³-hybridized carbons (Fsp3) is 0.545. The van der Waals surface area contributed by atoms with E-state index in [9.17, 15) is 22.9 Å². The molecule has 0 saturated heterocycles. The van der Waals surface area contributed by atoms with Gasteiger partial charge in [0, 0.05) is 0 Å². The molecular weight excluding hydrogens is 537 g/mol. The van der Waals surface area contributed by atoms with E-state index in [4.69, 9.17) is 5.14 Å². The van der Waals surface area contributed by atoms with Crippen LogP contribution in [0.4, 0.5) is 8.78 Å². The number of hydrogen-bond acceptors (Lipinski definition) is 6. The Balaban J connectivity index is 0.00000578. The first kappa shape index (κ1) is 33.8. The van der Waals surface area contributed by atoms with Gasteiger partial charge in [0.1, 0.15) is 20.6 Å². The van der Waals surface area contributed by atoms with E-state index in [1.807, 2.05) is 27.7 Å².